The smallest absolute Gasteiger partial charge is 0.305 e. The summed E-state index contributed by atoms with van der Waals surface area (Å²) in [6, 6.07) is 5.56. The van der Waals surface area contributed by atoms with Crippen LogP contribution in [0, 0.1) is 6.92 Å². The maximum atomic E-state index is 11.6. The predicted octanol–water partition coefficient (Wildman–Crippen LogP) is 0.468. The Hall–Kier alpha value is -2.50. The topological polar surface area (TPSA) is 91.5 Å². The Morgan fingerprint density at radius 1 is 1.12 bits per heavy atom. The summed E-state index contributed by atoms with van der Waals surface area (Å²) in [6.07, 6.45) is 0. The summed E-state index contributed by atoms with van der Waals surface area (Å²) >= 11 is 0. The van der Waals surface area contributed by atoms with Crippen molar-refractivity contribution >= 4 is 21.9 Å². The van der Waals surface area contributed by atoms with Crippen LogP contribution in [0.5, 0.6) is 0 Å². The zero-order valence-electron chi connectivity index (χ0n) is 8.94. The van der Waals surface area contributed by atoms with Crippen molar-refractivity contribution < 1.29 is 0 Å². The summed E-state index contributed by atoms with van der Waals surface area (Å²) in [5, 5.41) is 8.49. The predicted molar refractivity (Wildman–Crippen MR) is 63.0 cm³/mol. The first-order valence-corrected chi connectivity index (χ1v) is 5.04. The summed E-state index contributed by atoms with van der Waals surface area (Å²) < 4.78 is 0. The van der Waals surface area contributed by atoms with Crippen LogP contribution in [0.3, 0.4) is 0 Å². The zero-order chi connectivity index (χ0) is 12.0. The second kappa shape index (κ2) is 3.24. The number of benzene rings is 1. The number of rotatable bonds is 0. The molecular formula is C11H8N4O2. The van der Waals surface area contributed by atoms with E-state index >= 15 is 0 Å². The molecule has 3 rings (SSSR count). The van der Waals surface area contributed by atoms with Gasteiger partial charge in [0.1, 0.15) is 0 Å². The molecule has 2 aromatic heterocycles. The van der Waals surface area contributed by atoms with Gasteiger partial charge in [-0.2, -0.15) is 0 Å². The number of nitrogens with one attached hydrogen (secondary N) is 2. The van der Waals surface area contributed by atoms with E-state index in [9.17, 15) is 9.59 Å². The van der Waals surface area contributed by atoms with Crippen LogP contribution in [-0.2, 0) is 0 Å². The number of aromatic amines is 2. The van der Waals surface area contributed by atoms with E-state index in [0.717, 1.165) is 10.9 Å². The van der Waals surface area contributed by atoms with Gasteiger partial charge in [-0.25, -0.2) is 4.79 Å². The molecule has 0 unspecified atom stereocenters. The molecule has 0 radical (unpaired) electrons. The summed E-state index contributed by atoms with van der Waals surface area (Å²) in [7, 11) is 0. The third-order valence-electron chi connectivity index (χ3n) is 2.60. The molecule has 0 amide bonds. The van der Waals surface area contributed by atoms with Gasteiger partial charge >= 0.3 is 5.69 Å². The van der Waals surface area contributed by atoms with Crippen LogP contribution in [0.15, 0.2) is 27.8 Å². The van der Waals surface area contributed by atoms with Crippen LogP contribution in [0.4, 0.5) is 0 Å². The molecule has 0 spiro atoms. The van der Waals surface area contributed by atoms with E-state index < -0.39 is 11.2 Å². The molecule has 0 saturated carbocycles. The molecule has 0 atom stereocenters. The van der Waals surface area contributed by atoms with Crippen LogP contribution in [0.25, 0.3) is 21.9 Å². The highest BCUT2D eigenvalue weighted by molar-refractivity contribution is 6.00. The fraction of sp³-hybridized carbons (Fsp3) is 0.0909. The highest BCUT2D eigenvalue weighted by Gasteiger charge is 2.07. The second-order valence-electron chi connectivity index (χ2n) is 3.85. The Kier molecular flexibility index (Phi) is 1.85. The second-order valence-corrected chi connectivity index (χ2v) is 3.85. The van der Waals surface area contributed by atoms with Gasteiger partial charge in [0.2, 0.25) is 0 Å². The Bertz CT molecular complexity index is 847. The summed E-state index contributed by atoms with van der Waals surface area (Å²) in [5.74, 6) is 0. The molecule has 1 aromatic carbocycles. The average molecular weight is 228 g/mol. The number of hydrogen-bond acceptors (Lipinski definition) is 4. The van der Waals surface area contributed by atoms with E-state index in [1.165, 1.54) is 0 Å². The van der Waals surface area contributed by atoms with Crippen LogP contribution in [-0.4, -0.2) is 20.2 Å². The molecular weight excluding hydrogens is 220 g/mol. The Balaban J connectivity index is 2.67. The largest absolute Gasteiger partial charge is 0.326 e. The van der Waals surface area contributed by atoms with E-state index in [0.29, 0.717) is 11.0 Å². The van der Waals surface area contributed by atoms with Crippen molar-refractivity contribution in [3.63, 3.8) is 0 Å². The first-order chi connectivity index (χ1) is 8.15. The van der Waals surface area contributed by atoms with Gasteiger partial charge in [0.05, 0.1) is 11.0 Å². The summed E-state index contributed by atoms with van der Waals surface area (Å²) in [6.45, 7) is 1.93. The van der Waals surface area contributed by atoms with Gasteiger partial charge in [-0.15, -0.1) is 10.2 Å². The monoisotopic (exact) mass is 228 g/mol. The molecule has 0 saturated heterocycles. The molecule has 0 aliphatic carbocycles. The molecule has 2 N–H and O–H groups in total. The normalized spacial score (nSPS) is 11.1. The molecule has 84 valence electrons. The van der Waals surface area contributed by atoms with Crippen LogP contribution < -0.4 is 11.2 Å². The van der Waals surface area contributed by atoms with Crippen LogP contribution in [0.1, 0.15) is 5.56 Å². The summed E-state index contributed by atoms with van der Waals surface area (Å²) in [5.41, 5.74) is 1.16. The van der Waals surface area contributed by atoms with Gasteiger partial charge < -0.3 is 4.98 Å². The van der Waals surface area contributed by atoms with Gasteiger partial charge in [-0.05, 0) is 19.1 Å². The third kappa shape index (κ3) is 1.42. The highest BCUT2D eigenvalue weighted by Crippen LogP contribution is 2.18. The maximum Gasteiger partial charge on any atom is 0.326 e. The number of hydrogen-bond donors (Lipinski definition) is 2. The minimum Gasteiger partial charge on any atom is -0.305 e. The summed E-state index contributed by atoms with van der Waals surface area (Å²) in [4.78, 5) is 27.5. The standard InChI is InChI=1S/C11H8N4O2/c1-5-2-3-7-6(4-5)8-9(15-14-7)10(16)13-11(17)12-8/h2-4H,1H3,(H2,12,13,16,17). The van der Waals surface area contributed by atoms with E-state index in [-0.39, 0.29) is 5.52 Å². The lowest BCUT2D eigenvalue weighted by molar-refractivity contribution is 1.03. The van der Waals surface area contributed by atoms with Crippen molar-refractivity contribution in [3.8, 4) is 0 Å². The van der Waals surface area contributed by atoms with Crippen molar-refractivity contribution in [2.24, 2.45) is 0 Å². The lowest BCUT2D eigenvalue weighted by Crippen LogP contribution is -2.23. The molecule has 2 heterocycles. The number of fused-ring (bicyclic) bond motifs is 3. The van der Waals surface area contributed by atoms with Crippen LogP contribution in [0.2, 0.25) is 0 Å². The number of aromatic nitrogens is 4. The number of aryl methyl sites for hydroxylation is 1. The Morgan fingerprint density at radius 2 is 1.94 bits per heavy atom. The maximum absolute atomic E-state index is 11.6. The molecule has 0 bridgehead atoms. The molecule has 6 nitrogen and oxygen atoms in total. The molecule has 0 aliphatic heterocycles. The van der Waals surface area contributed by atoms with Crippen LogP contribution >= 0.6 is 0 Å². The molecule has 0 aliphatic rings. The van der Waals surface area contributed by atoms with Gasteiger partial charge in [0.15, 0.2) is 5.52 Å². The van der Waals surface area contributed by atoms with E-state index in [1.807, 2.05) is 19.1 Å². The number of H-pyrrole nitrogens is 2. The molecule has 6 heteroatoms. The van der Waals surface area contributed by atoms with Crippen molar-refractivity contribution in [2.75, 3.05) is 0 Å². The van der Waals surface area contributed by atoms with Crippen molar-refractivity contribution in [1.82, 2.24) is 20.2 Å². The lowest BCUT2D eigenvalue weighted by Gasteiger charge is -2.01. The van der Waals surface area contributed by atoms with Gasteiger partial charge in [0.25, 0.3) is 5.56 Å². The third-order valence-corrected chi connectivity index (χ3v) is 2.60. The SMILES string of the molecule is Cc1ccc2nnc3c(=O)[nH]c(=O)[nH]c3c2c1. The lowest BCUT2D eigenvalue weighted by atomic mass is 10.1. The fourth-order valence-corrected chi connectivity index (χ4v) is 1.81. The van der Waals surface area contributed by atoms with E-state index in [4.69, 9.17) is 0 Å². The van der Waals surface area contributed by atoms with Gasteiger partial charge in [-0.1, -0.05) is 11.6 Å². The van der Waals surface area contributed by atoms with Gasteiger partial charge in [0, 0.05) is 5.39 Å². The molecule has 0 fully saturated rings. The highest BCUT2D eigenvalue weighted by atomic mass is 16.2. The Labute approximate surface area is 94.3 Å². The van der Waals surface area contributed by atoms with Crippen molar-refractivity contribution in [1.29, 1.82) is 0 Å². The Morgan fingerprint density at radius 3 is 2.76 bits per heavy atom. The minimum atomic E-state index is -0.543. The minimum absolute atomic E-state index is 0.141. The van der Waals surface area contributed by atoms with Crippen molar-refractivity contribution in [3.05, 3.63) is 44.6 Å². The molecule has 17 heavy (non-hydrogen) atoms. The molecule has 3 aromatic rings. The van der Waals surface area contributed by atoms with Crippen molar-refractivity contribution in [2.45, 2.75) is 6.92 Å². The first-order valence-electron chi connectivity index (χ1n) is 5.04. The first kappa shape index (κ1) is 9.71. The average Bonchev–Trinajstić information content (AvgIpc) is 2.28. The van der Waals surface area contributed by atoms with E-state index in [2.05, 4.69) is 20.2 Å². The zero-order valence-corrected chi connectivity index (χ0v) is 8.94. The fourth-order valence-electron chi connectivity index (χ4n) is 1.81. The van der Waals surface area contributed by atoms with E-state index in [1.54, 1.807) is 6.07 Å². The van der Waals surface area contributed by atoms with Gasteiger partial charge in [-0.3, -0.25) is 9.78 Å². The number of nitrogens with zero attached hydrogens (tertiary/aromatic N) is 2. The quantitative estimate of drug-likeness (QED) is 0.547.